The minimum atomic E-state index is 0.0279. The number of aryl methyl sites for hydroxylation is 3. The van der Waals surface area contributed by atoms with E-state index in [-0.39, 0.29) is 6.04 Å². The van der Waals surface area contributed by atoms with Crippen LogP contribution in [0.15, 0.2) is 41.3 Å². The summed E-state index contributed by atoms with van der Waals surface area (Å²) in [5.41, 5.74) is 11.2. The van der Waals surface area contributed by atoms with E-state index in [0.29, 0.717) is 0 Å². The highest BCUT2D eigenvalue weighted by Gasteiger charge is 2.12. The van der Waals surface area contributed by atoms with Crippen molar-refractivity contribution in [1.29, 1.82) is 0 Å². The lowest BCUT2D eigenvalue weighted by Crippen LogP contribution is -2.14. The van der Waals surface area contributed by atoms with Crippen molar-refractivity contribution in [2.75, 3.05) is 12.9 Å². The summed E-state index contributed by atoms with van der Waals surface area (Å²) >= 11 is 1.81. The molecule has 1 unspecified atom stereocenters. The van der Waals surface area contributed by atoms with Gasteiger partial charge in [0, 0.05) is 16.7 Å². The van der Waals surface area contributed by atoms with Gasteiger partial charge in [-0.1, -0.05) is 23.8 Å². The third-order valence-corrected chi connectivity index (χ3v) is 4.72. The summed E-state index contributed by atoms with van der Waals surface area (Å²) in [5.74, 6) is 1.80. The van der Waals surface area contributed by atoms with Crippen LogP contribution >= 0.6 is 11.8 Å². The molecule has 2 N–H and O–H groups in total. The van der Waals surface area contributed by atoms with Crippen LogP contribution in [0, 0.1) is 20.8 Å². The van der Waals surface area contributed by atoms with Crippen LogP contribution in [0.25, 0.3) is 0 Å². The van der Waals surface area contributed by atoms with Gasteiger partial charge in [0.25, 0.3) is 0 Å². The van der Waals surface area contributed by atoms with E-state index in [4.69, 9.17) is 10.5 Å². The Morgan fingerprint density at radius 1 is 1.10 bits per heavy atom. The van der Waals surface area contributed by atoms with Crippen LogP contribution in [-0.2, 0) is 0 Å². The number of benzene rings is 2. The molecular formula is C18H23NOS. The number of nitrogens with two attached hydrogens (primary N) is 1. The van der Waals surface area contributed by atoms with Crippen LogP contribution in [0.1, 0.15) is 28.3 Å². The van der Waals surface area contributed by atoms with E-state index in [9.17, 15) is 0 Å². The van der Waals surface area contributed by atoms with Crippen molar-refractivity contribution in [3.05, 3.63) is 58.7 Å². The Labute approximate surface area is 131 Å². The fourth-order valence-corrected chi connectivity index (χ4v) is 3.41. The molecule has 0 saturated carbocycles. The molecule has 3 heteroatoms. The average Bonchev–Trinajstić information content (AvgIpc) is 2.46. The number of rotatable bonds is 5. The normalized spacial score (nSPS) is 12.2. The van der Waals surface area contributed by atoms with Crippen molar-refractivity contribution in [2.24, 2.45) is 5.73 Å². The lowest BCUT2D eigenvalue weighted by atomic mass is 10.00. The molecule has 0 heterocycles. The van der Waals surface area contributed by atoms with E-state index >= 15 is 0 Å². The molecular weight excluding hydrogens is 278 g/mol. The second-order valence-corrected chi connectivity index (χ2v) is 6.51. The van der Waals surface area contributed by atoms with Gasteiger partial charge in [-0.15, -0.1) is 11.8 Å². The first-order valence-electron chi connectivity index (χ1n) is 7.11. The molecule has 2 aromatic carbocycles. The van der Waals surface area contributed by atoms with Gasteiger partial charge in [-0.05, 0) is 55.7 Å². The van der Waals surface area contributed by atoms with Crippen LogP contribution in [0.2, 0.25) is 0 Å². The monoisotopic (exact) mass is 301 g/mol. The summed E-state index contributed by atoms with van der Waals surface area (Å²) in [6, 6.07) is 12.8. The van der Waals surface area contributed by atoms with Gasteiger partial charge in [-0.3, -0.25) is 0 Å². The molecule has 2 rings (SSSR count). The van der Waals surface area contributed by atoms with Gasteiger partial charge in [0.15, 0.2) is 0 Å². The first-order valence-corrected chi connectivity index (χ1v) is 8.10. The molecule has 21 heavy (non-hydrogen) atoms. The zero-order valence-electron chi connectivity index (χ0n) is 13.1. The molecule has 2 aromatic rings. The predicted molar refractivity (Wildman–Crippen MR) is 91.3 cm³/mol. The maximum atomic E-state index is 6.38. The minimum Gasteiger partial charge on any atom is -0.496 e. The zero-order valence-corrected chi connectivity index (χ0v) is 14.0. The minimum absolute atomic E-state index is 0.0279. The molecule has 1 atom stereocenters. The number of methoxy groups -OCH3 is 1. The van der Waals surface area contributed by atoms with Crippen LogP contribution in [0.3, 0.4) is 0 Å². The van der Waals surface area contributed by atoms with Crippen molar-refractivity contribution in [1.82, 2.24) is 0 Å². The SMILES string of the molecule is COc1cc(C)c(C(N)CSc2cccc(C)c2)cc1C. The lowest BCUT2D eigenvalue weighted by molar-refractivity contribution is 0.411. The van der Waals surface area contributed by atoms with Crippen LogP contribution in [0.5, 0.6) is 5.75 Å². The summed E-state index contributed by atoms with van der Waals surface area (Å²) in [6.07, 6.45) is 0. The quantitative estimate of drug-likeness (QED) is 0.831. The molecule has 0 aliphatic carbocycles. The van der Waals surface area contributed by atoms with Gasteiger partial charge in [-0.25, -0.2) is 0 Å². The third kappa shape index (κ3) is 4.02. The Morgan fingerprint density at radius 3 is 2.52 bits per heavy atom. The third-order valence-electron chi connectivity index (χ3n) is 3.60. The van der Waals surface area contributed by atoms with Crippen molar-refractivity contribution in [3.63, 3.8) is 0 Å². The van der Waals surface area contributed by atoms with Gasteiger partial charge in [0.1, 0.15) is 5.75 Å². The molecule has 0 spiro atoms. The van der Waals surface area contributed by atoms with E-state index < -0.39 is 0 Å². The summed E-state index contributed by atoms with van der Waals surface area (Å²) in [6.45, 7) is 6.26. The maximum Gasteiger partial charge on any atom is 0.122 e. The van der Waals surface area contributed by atoms with Crippen molar-refractivity contribution < 1.29 is 4.74 Å². The van der Waals surface area contributed by atoms with E-state index in [0.717, 1.165) is 17.1 Å². The highest BCUT2D eigenvalue weighted by molar-refractivity contribution is 7.99. The summed E-state index contributed by atoms with van der Waals surface area (Å²) in [5, 5.41) is 0. The molecule has 0 fully saturated rings. The smallest absolute Gasteiger partial charge is 0.122 e. The van der Waals surface area contributed by atoms with E-state index in [1.54, 1.807) is 18.9 Å². The standard InChI is InChI=1S/C18H23NOS/c1-12-6-5-7-15(8-12)21-11-17(19)16-9-14(3)18(20-4)10-13(16)2/h5-10,17H,11,19H2,1-4H3. The van der Waals surface area contributed by atoms with Crippen LogP contribution in [0.4, 0.5) is 0 Å². The molecule has 0 aliphatic heterocycles. The highest BCUT2D eigenvalue weighted by Crippen LogP contribution is 2.29. The summed E-state index contributed by atoms with van der Waals surface area (Å²) in [4.78, 5) is 1.27. The van der Waals surface area contributed by atoms with E-state index in [1.165, 1.54) is 21.6 Å². The molecule has 0 bridgehead atoms. The fraction of sp³-hybridized carbons (Fsp3) is 0.333. The number of hydrogen-bond acceptors (Lipinski definition) is 3. The van der Waals surface area contributed by atoms with Crippen molar-refractivity contribution >= 4 is 11.8 Å². The zero-order chi connectivity index (χ0) is 15.4. The predicted octanol–water partition coefficient (Wildman–Crippen LogP) is 4.41. The Hall–Kier alpha value is -1.45. The molecule has 0 amide bonds. The molecule has 112 valence electrons. The van der Waals surface area contributed by atoms with E-state index in [1.807, 2.05) is 0 Å². The van der Waals surface area contributed by atoms with Gasteiger partial charge in [0.2, 0.25) is 0 Å². The van der Waals surface area contributed by atoms with Crippen LogP contribution < -0.4 is 10.5 Å². The number of thioether (sulfide) groups is 1. The number of hydrogen-bond donors (Lipinski definition) is 1. The molecule has 2 nitrogen and oxygen atoms in total. The van der Waals surface area contributed by atoms with Gasteiger partial charge < -0.3 is 10.5 Å². The first kappa shape index (κ1) is 15.9. The molecule has 0 saturated heterocycles. The largest absolute Gasteiger partial charge is 0.496 e. The Kier molecular flexibility index (Phi) is 5.32. The Morgan fingerprint density at radius 2 is 1.86 bits per heavy atom. The molecule has 0 radical (unpaired) electrons. The van der Waals surface area contributed by atoms with Gasteiger partial charge >= 0.3 is 0 Å². The summed E-state index contributed by atoms with van der Waals surface area (Å²) < 4.78 is 5.36. The van der Waals surface area contributed by atoms with Gasteiger partial charge in [0.05, 0.1) is 7.11 Å². The lowest BCUT2D eigenvalue weighted by Gasteiger charge is -2.17. The maximum absolute atomic E-state index is 6.38. The second-order valence-electron chi connectivity index (χ2n) is 5.41. The van der Waals surface area contributed by atoms with Gasteiger partial charge in [-0.2, -0.15) is 0 Å². The van der Waals surface area contributed by atoms with Crippen molar-refractivity contribution in [3.8, 4) is 5.75 Å². The molecule has 0 aromatic heterocycles. The average molecular weight is 301 g/mol. The Bertz CT molecular complexity index is 625. The van der Waals surface area contributed by atoms with E-state index in [2.05, 4.69) is 57.2 Å². The van der Waals surface area contributed by atoms with Crippen molar-refractivity contribution in [2.45, 2.75) is 31.7 Å². The highest BCUT2D eigenvalue weighted by atomic mass is 32.2. The topological polar surface area (TPSA) is 35.2 Å². The Balaban J connectivity index is 2.10. The second kappa shape index (κ2) is 7.01. The summed E-state index contributed by atoms with van der Waals surface area (Å²) in [7, 11) is 1.70. The fourth-order valence-electron chi connectivity index (χ4n) is 2.41. The molecule has 0 aliphatic rings. The van der Waals surface area contributed by atoms with Crippen LogP contribution in [-0.4, -0.2) is 12.9 Å². The number of ether oxygens (including phenoxy) is 1. The first-order chi connectivity index (χ1) is 10.0.